The lowest BCUT2D eigenvalue weighted by atomic mass is 10.2. The summed E-state index contributed by atoms with van der Waals surface area (Å²) in [5, 5.41) is 9.06. The van der Waals surface area contributed by atoms with E-state index in [0.29, 0.717) is 12.4 Å². The largest absolute Gasteiger partial charge is 0.493 e. The first-order valence-corrected chi connectivity index (χ1v) is 6.38. The predicted octanol–water partition coefficient (Wildman–Crippen LogP) is 1.91. The van der Waals surface area contributed by atoms with Gasteiger partial charge in [-0.15, -0.1) is 0 Å². The van der Waals surface area contributed by atoms with Gasteiger partial charge in [-0.3, -0.25) is 0 Å². The summed E-state index contributed by atoms with van der Waals surface area (Å²) >= 11 is 0. The van der Waals surface area contributed by atoms with Crippen LogP contribution < -0.4 is 9.47 Å². The molecule has 0 aromatic heterocycles. The van der Waals surface area contributed by atoms with Gasteiger partial charge in [0.1, 0.15) is 6.61 Å². The van der Waals surface area contributed by atoms with Gasteiger partial charge in [0.2, 0.25) is 0 Å². The van der Waals surface area contributed by atoms with Crippen molar-refractivity contribution in [1.29, 1.82) is 0 Å². The minimum atomic E-state index is 0.0100. The zero-order valence-corrected chi connectivity index (χ0v) is 11.5. The average Bonchev–Trinajstić information content (AvgIpc) is 2.43. The zero-order chi connectivity index (χ0) is 13.4. The SMILES string of the molecule is CCN(CC)CCOc1ccc(CO)cc1OC. The average molecular weight is 253 g/mol. The molecule has 0 radical (unpaired) electrons. The van der Waals surface area contributed by atoms with Crippen molar-refractivity contribution in [3.05, 3.63) is 23.8 Å². The highest BCUT2D eigenvalue weighted by molar-refractivity contribution is 5.42. The summed E-state index contributed by atoms with van der Waals surface area (Å²) < 4.78 is 11.0. The summed E-state index contributed by atoms with van der Waals surface area (Å²) in [5.41, 5.74) is 0.822. The quantitative estimate of drug-likeness (QED) is 0.768. The molecule has 0 heterocycles. The molecule has 0 amide bonds. The molecule has 4 nitrogen and oxygen atoms in total. The van der Waals surface area contributed by atoms with E-state index in [9.17, 15) is 0 Å². The predicted molar refractivity (Wildman–Crippen MR) is 72.2 cm³/mol. The minimum Gasteiger partial charge on any atom is -0.493 e. The van der Waals surface area contributed by atoms with Gasteiger partial charge in [0, 0.05) is 6.54 Å². The van der Waals surface area contributed by atoms with Gasteiger partial charge < -0.3 is 19.5 Å². The van der Waals surface area contributed by atoms with Gasteiger partial charge in [0.25, 0.3) is 0 Å². The first-order chi connectivity index (χ1) is 8.74. The Morgan fingerprint density at radius 1 is 1.17 bits per heavy atom. The van der Waals surface area contributed by atoms with Crippen LogP contribution in [0.15, 0.2) is 18.2 Å². The highest BCUT2D eigenvalue weighted by atomic mass is 16.5. The molecule has 0 spiro atoms. The summed E-state index contributed by atoms with van der Waals surface area (Å²) in [4.78, 5) is 2.30. The molecule has 0 atom stereocenters. The van der Waals surface area contributed by atoms with Crippen molar-refractivity contribution in [2.24, 2.45) is 0 Å². The van der Waals surface area contributed by atoms with Crippen molar-refractivity contribution >= 4 is 0 Å². The summed E-state index contributed by atoms with van der Waals surface area (Å²) in [6.45, 7) is 7.88. The number of nitrogens with zero attached hydrogens (tertiary/aromatic N) is 1. The highest BCUT2D eigenvalue weighted by Gasteiger charge is 2.06. The van der Waals surface area contributed by atoms with Crippen molar-refractivity contribution < 1.29 is 14.6 Å². The second-order valence-corrected chi connectivity index (χ2v) is 4.02. The van der Waals surface area contributed by atoms with Gasteiger partial charge >= 0.3 is 0 Å². The van der Waals surface area contributed by atoms with Gasteiger partial charge in [0.15, 0.2) is 11.5 Å². The molecule has 0 aliphatic rings. The van der Waals surface area contributed by atoms with E-state index < -0.39 is 0 Å². The number of aliphatic hydroxyl groups is 1. The number of aliphatic hydroxyl groups excluding tert-OH is 1. The van der Waals surface area contributed by atoms with E-state index in [1.165, 1.54) is 0 Å². The highest BCUT2D eigenvalue weighted by Crippen LogP contribution is 2.27. The monoisotopic (exact) mass is 253 g/mol. The number of ether oxygens (including phenoxy) is 2. The second-order valence-electron chi connectivity index (χ2n) is 4.02. The topological polar surface area (TPSA) is 41.9 Å². The van der Waals surface area contributed by atoms with Gasteiger partial charge in [-0.05, 0) is 30.8 Å². The zero-order valence-electron chi connectivity index (χ0n) is 11.5. The molecule has 1 aromatic carbocycles. The summed E-state index contributed by atoms with van der Waals surface area (Å²) in [6.07, 6.45) is 0. The molecule has 1 rings (SSSR count). The molecule has 0 saturated heterocycles. The Kier molecular flexibility index (Phi) is 6.54. The molecular formula is C14H23NO3. The van der Waals surface area contributed by atoms with Crippen LogP contribution >= 0.6 is 0 Å². The Bertz CT molecular complexity index is 351. The van der Waals surface area contributed by atoms with Crippen LogP contribution in [0.3, 0.4) is 0 Å². The Hall–Kier alpha value is -1.26. The maximum atomic E-state index is 9.06. The fourth-order valence-corrected chi connectivity index (χ4v) is 1.75. The maximum Gasteiger partial charge on any atom is 0.161 e. The van der Waals surface area contributed by atoms with Crippen LogP contribution in [0.25, 0.3) is 0 Å². The van der Waals surface area contributed by atoms with Crippen molar-refractivity contribution in [2.75, 3.05) is 33.4 Å². The molecular weight excluding hydrogens is 230 g/mol. The first kappa shape index (κ1) is 14.8. The first-order valence-electron chi connectivity index (χ1n) is 6.38. The Balaban J connectivity index is 2.56. The van der Waals surface area contributed by atoms with E-state index in [-0.39, 0.29) is 6.61 Å². The molecule has 0 aliphatic carbocycles. The molecule has 0 fully saturated rings. The normalized spacial score (nSPS) is 10.7. The molecule has 0 saturated carbocycles. The molecule has 18 heavy (non-hydrogen) atoms. The van der Waals surface area contributed by atoms with Crippen molar-refractivity contribution in [2.45, 2.75) is 20.5 Å². The van der Waals surface area contributed by atoms with E-state index in [1.807, 2.05) is 12.1 Å². The molecule has 102 valence electrons. The van der Waals surface area contributed by atoms with E-state index >= 15 is 0 Å². The molecule has 1 N–H and O–H groups in total. The lowest BCUT2D eigenvalue weighted by Gasteiger charge is -2.18. The third-order valence-corrected chi connectivity index (χ3v) is 2.97. The molecule has 0 bridgehead atoms. The van der Waals surface area contributed by atoms with Gasteiger partial charge in [-0.2, -0.15) is 0 Å². The number of benzene rings is 1. The van der Waals surface area contributed by atoms with Crippen molar-refractivity contribution in [1.82, 2.24) is 4.90 Å². The second kappa shape index (κ2) is 7.95. The number of likely N-dealkylation sites (N-methyl/N-ethyl adjacent to an activating group) is 1. The van der Waals surface area contributed by atoms with Crippen LogP contribution in [0, 0.1) is 0 Å². The fraction of sp³-hybridized carbons (Fsp3) is 0.571. The third-order valence-electron chi connectivity index (χ3n) is 2.97. The Labute approximate surface area is 109 Å². The van der Waals surface area contributed by atoms with Gasteiger partial charge in [-0.25, -0.2) is 0 Å². The van der Waals surface area contributed by atoms with Crippen LogP contribution in [-0.4, -0.2) is 43.4 Å². The van der Waals surface area contributed by atoms with Crippen molar-refractivity contribution in [3.8, 4) is 11.5 Å². The number of methoxy groups -OCH3 is 1. The van der Waals surface area contributed by atoms with Crippen molar-refractivity contribution in [3.63, 3.8) is 0 Å². The molecule has 1 aromatic rings. The van der Waals surface area contributed by atoms with E-state index in [1.54, 1.807) is 13.2 Å². The summed E-state index contributed by atoms with van der Waals surface area (Å²) in [6, 6.07) is 5.48. The van der Waals surface area contributed by atoms with E-state index in [2.05, 4.69) is 18.7 Å². The lowest BCUT2D eigenvalue weighted by molar-refractivity contribution is 0.217. The summed E-state index contributed by atoms with van der Waals surface area (Å²) in [5.74, 6) is 1.39. The molecule has 4 heteroatoms. The minimum absolute atomic E-state index is 0.0100. The lowest BCUT2D eigenvalue weighted by Crippen LogP contribution is -2.27. The van der Waals surface area contributed by atoms with Crippen LogP contribution in [0.2, 0.25) is 0 Å². The number of rotatable bonds is 8. The number of hydrogen-bond donors (Lipinski definition) is 1. The van der Waals surface area contributed by atoms with Crippen LogP contribution in [0.1, 0.15) is 19.4 Å². The summed E-state index contributed by atoms with van der Waals surface area (Å²) in [7, 11) is 1.60. The molecule has 0 unspecified atom stereocenters. The van der Waals surface area contributed by atoms with Crippen LogP contribution in [-0.2, 0) is 6.61 Å². The standard InChI is InChI=1S/C14H23NO3/c1-4-15(5-2)8-9-18-13-7-6-12(11-16)10-14(13)17-3/h6-7,10,16H,4-5,8-9,11H2,1-3H3. The fourth-order valence-electron chi connectivity index (χ4n) is 1.75. The van der Waals surface area contributed by atoms with Crippen LogP contribution in [0.4, 0.5) is 0 Å². The van der Waals surface area contributed by atoms with E-state index in [0.717, 1.165) is 30.9 Å². The smallest absolute Gasteiger partial charge is 0.161 e. The van der Waals surface area contributed by atoms with Gasteiger partial charge in [0.05, 0.1) is 13.7 Å². The molecule has 0 aliphatic heterocycles. The van der Waals surface area contributed by atoms with Gasteiger partial charge in [-0.1, -0.05) is 19.9 Å². The number of hydrogen-bond acceptors (Lipinski definition) is 4. The van der Waals surface area contributed by atoms with E-state index in [4.69, 9.17) is 14.6 Å². The Morgan fingerprint density at radius 2 is 1.89 bits per heavy atom. The van der Waals surface area contributed by atoms with Crippen LogP contribution in [0.5, 0.6) is 11.5 Å². The maximum absolute atomic E-state index is 9.06. The Morgan fingerprint density at radius 3 is 2.44 bits per heavy atom. The third kappa shape index (κ3) is 4.20.